The van der Waals surface area contributed by atoms with E-state index in [4.69, 9.17) is 9.84 Å². The number of nitrogens with one attached hydrogen (secondary N) is 1. The van der Waals surface area contributed by atoms with Gasteiger partial charge in [-0.25, -0.2) is 0 Å². The third kappa shape index (κ3) is 4.79. The van der Waals surface area contributed by atoms with E-state index < -0.39 is 0 Å². The summed E-state index contributed by atoms with van der Waals surface area (Å²) < 4.78 is 5.51. The molecule has 0 saturated heterocycles. The maximum atomic E-state index is 12.4. The van der Waals surface area contributed by atoms with Crippen LogP contribution in [0.1, 0.15) is 43.0 Å². The Bertz CT molecular complexity index is 667. The van der Waals surface area contributed by atoms with Gasteiger partial charge in [0.2, 0.25) is 0 Å². The smallest absolute Gasteiger partial charge is 0.258 e. The summed E-state index contributed by atoms with van der Waals surface area (Å²) in [6, 6.07) is 13.6. The van der Waals surface area contributed by atoms with Gasteiger partial charge in [0.25, 0.3) is 5.91 Å². The van der Waals surface area contributed by atoms with E-state index in [1.54, 1.807) is 12.1 Å². The summed E-state index contributed by atoms with van der Waals surface area (Å²) in [5.41, 5.74) is 1.72. The zero-order chi connectivity index (χ0) is 17.5. The van der Waals surface area contributed by atoms with Gasteiger partial charge in [-0.05, 0) is 36.5 Å². The number of amides is 1. The molecule has 0 spiro atoms. The van der Waals surface area contributed by atoms with E-state index in [9.17, 15) is 4.79 Å². The first kappa shape index (κ1) is 17.4. The first-order valence-corrected chi connectivity index (χ1v) is 8.79. The number of rotatable bonds is 7. The molecule has 1 aromatic carbocycles. The van der Waals surface area contributed by atoms with Crippen molar-refractivity contribution < 1.29 is 14.6 Å². The number of aliphatic hydroxyl groups is 1. The second-order valence-corrected chi connectivity index (χ2v) is 6.43. The van der Waals surface area contributed by atoms with Gasteiger partial charge in [0, 0.05) is 0 Å². The summed E-state index contributed by atoms with van der Waals surface area (Å²) in [5.74, 6) is 0.869. The van der Waals surface area contributed by atoms with E-state index in [1.807, 2.05) is 18.2 Å². The molecular formula is C20H24N2O3. The van der Waals surface area contributed by atoms with E-state index in [0.29, 0.717) is 17.4 Å². The van der Waals surface area contributed by atoms with Crippen LogP contribution in [0, 0.1) is 5.92 Å². The molecule has 2 N–H and O–H groups in total. The highest BCUT2D eigenvalue weighted by molar-refractivity contribution is 5.78. The number of benzene rings is 1. The molecule has 1 heterocycles. The molecule has 1 saturated carbocycles. The van der Waals surface area contributed by atoms with Crippen LogP contribution in [-0.2, 0) is 11.4 Å². The lowest BCUT2D eigenvalue weighted by atomic mass is 9.91. The van der Waals surface area contributed by atoms with Crippen molar-refractivity contribution in [2.75, 3.05) is 6.61 Å². The lowest BCUT2D eigenvalue weighted by Crippen LogP contribution is -2.35. The molecule has 0 aliphatic heterocycles. The minimum absolute atomic E-state index is 0.0367. The van der Waals surface area contributed by atoms with Gasteiger partial charge in [0.15, 0.2) is 6.61 Å². The topological polar surface area (TPSA) is 71.5 Å². The summed E-state index contributed by atoms with van der Waals surface area (Å²) >= 11 is 0. The summed E-state index contributed by atoms with van der Waals surface area (Å²) in [7, 11) is 0. The zero-order valence-corrected chi connectivity index (χ0v) is 14.2. The SMILES string of the molecule is O=C(COc1ccc(CO)nc1)NC(c1ccccc1)C1CCCC1. The highest BCUT2D eigenvalue weighted by atomic mass is 16.5. The van der Waals surface area contributed by atoms with Crippen molar-refractivity contribution in [2.24, 2.45) is 5.92 Å². The van der Waals surface area contributed by atoms with E-state index >= 15 is 0 Å². The van der Waals surface area contributed by atoms with Gasteiger partial charge in [0.1, 0.15) is 5.75 Å². The molecule has 1 amide bonds. The highest BCUT2D eigenvalue weighted by Gasteiger charge is 2.27. The number of carbonyl (C=O) groups excluding carboxylic acids is 1. The van der Waals surface area contributed by atoms with Crippen LogP contribution in [0.2, 0.25) is 0 Å². The predicted molar refractivity (Wildman–Crippen MR) is 94.9 cm³/mol. The molecule has 1 aromatic heterocycles. The van der Waals surface area contributed by atoms with Crippen LogP contribution >= 0.6 is 0 Å². The standard InChI is InChI=1S/C20H24N2O3/c23-13-17-10-11-18(12-21-17)25-14-19(24)22-20(16-8-4-5-9-16)15-6-2-1-3-7-15/h1-3,6-7,10-12,16,20,23H,4-5,8-9,13-14H2,(H,22,24). The Morgan fingerprint density at radius 3 is 2.60 bits per heavy atom. The van der Waals surface area contributed by atoms with Gasteiger partial charge in [-0.3, -0.25) is 9.78 Å². The van der Waals surface area contributed by atoms with Gasteiger partial charge >= 0.3 is 0 Å². The number of carbonyl (C=O) groups is 1. The van der Waals surface area contributed by atoms with E-state index in [1.165, 1.54) is 19.0 Å². The fraction of sp³-hybridized carbons (Fsp3) is 0.400. The predicted octanol–water partition coefficient (Wildman–Crippen LogP) is 3.00. The second kappa shape index (κ2) is 8.62. The summed E-state index contributed by atoms with van der Waals surface area (Å²) in [5, 5.41) is 12.1. The lowest BCUT2D eigenvalue weighted by Gasteiger charge is -2.25. The average molecular weight is 340 g/mol. The van der Waals surface area contributed by atoms with Crippen LogP contribution < -0.4 is 10.1 Å². The minimum Gasteiger partial charge on any atom is -0.482 e. The van der Waals surface area contributed by atoms with Crippen molar-refractivity contribution in [3.05, 3.63) is 59.9 Å². The molecule has 132 valence electrons. The van der Waals surface area contributed by atoms with Gasteiger partial charge < -0.3 is 15.2 Å². The molecule has 1 fully saturated rings. The molecule has 0 radical (unpaired) electrons. The van der Waals surface area contributed by atoms with Crippen LogP contribution in [0.5, 0.6) is 5.75 Å². The highest BCUT2D eigenvalue weighted by Crippen LogP contribution is 2.35. The maximum absolute atomic E-state index is 12.4. The van der Waals surface area contributed by atoms with Crippen LogP contribution in [0.3, 0.4) is 0 Å². The number of aromatic nitrogens is 1. The fourth-order valence-electron chi connectivity index (χ4n) is 3.38. The third-order valence-electron chi connectivity index (χ3n) is 4.68. The number of hydrogen-bond donors (Lipinski definition) is 2. The molecule has 0 bridgehead atoms. The van der Waals surface area contributed by atoms with Crippen LogP contribution in [0.4, 0.5) is 0 Å². The van der Waals surface area contributed by atoms with Crippen molar-refractivity contribution >= 4 is 5.91 Å². The molecule has 2 aromatic rings. The van der Waals surface area contributed by atoms with Crippen molar-refractivity contribution in [1.82, 2.24) is 10.3 Å². The van der Waals surface area contributed by atoms with Crippen molar-refractivity contribution in [3.8, 4) is 5.75 Å². The van der Waals surface area contributed by atoms with Crippen LogP contribution in [-0.4, -0.2) is 22.6 Å². The monoisotopic (exact) mass is 340 g/mol. The Labute approximate surface area is 148 Å². The molecule has 5 heteroatoms. The number of aliphatic hydroxyl groups excluding tert-OH is 1. The molecule has 3 rings (SSSR count). The van der Waals surface area contributed by atoms with E-state index in [2.05, 4.69) is 22.4 Å². The largest absolute Gasteiger partial charge is 0.482 e. The molecule has 5 nitrogen and oxygen atoms in total. The third-order valence-corrected chi connectivity index (χ3v) is 4.68. The summed E-state index contributed by atoms with van der Waals surface area (Å²) in [4.78, 5) is 16.4. The Morgan fingerprint density at radius 1 is 1.20 bits per heavy atom. The van der Waals surface area contributed by atoms with Crippen molar-refractivity contribution in [2.45, 2.75) is 38.3 Å². The van der Waals surface area contributed by atoms with Gasteiger partial charge in [-0.1, -0.05) is 43.2 Å². The number of ether oxygens (including phenoxy) is 1. The second-order valence-electron chi connectivity index (χ2n) is 6.43. The Kier molecular flexibility index (Phi) is 6.01. The molecule has 1 atom stereocenters. The molecule has 1 aliphatic carbocycles. The molecule has 25 heavy (non-hydrogen) atoms. The minimum atomic E-state index is -0.132. The first-order valence-electron chi connectivity index (χ1n) is 8.79. The van der Waals surface area contributed by atoms with Gasteiger partial charge in [-0.15, -0.1) is 0 Å². The normalized spacial score (nSPS) is 15.7. The quantitative estimate of drug-likeness (QED) is 0.813. The van der Waals surface area contributed by atoms with Crippen LogP contribution in [0.25, 0.3) is 0 Å². The lowest BCUT2D eigenvalue weighted by molar-refractivity contribution is -0.124. The van der Waals surface area contributed by atoms with Gasteiger partial charge in [-0.2, -0.15) is 0 Å². The number of nitrogens with zero attached hydrogens (tertiary/aromatic N) is 1. The fourth-order valence-corrected chi connectivity index (χ4v) is 3.38. The Balaban J connectivity index is 1.59. The van der Waals surface area contributed by atoms with Crippen molar-refractivity contribution in [1.29, 1.82) is 0 Å². The zero-order valence-electron chi connectivity index (χ0n) is 14.2. The average Bonchev–Trinajstić information content (AvgIpc) is 3.20. The van der Waals surface area contributed by atoms with E-state index in [0.717, 1.165) is 18.4 Å². The number of hydrogen-bond acceptors (Lipinski definition) is 4. The molecule has 1 unspecified atom stereocenters. The maximum Gasteiger partial charge on any atom is 0.258 e. The Morgan fingerprint density at radius 2 is 1.96 bits per heavy atom. The summed E-state index contributed by atoms with van der Waals surface area (Å²) in [6.45, 7) is -0.156. The Hall–Kier alpha value is -2.40. The number of pyridine rings is 1. The van der Waals surface area contributed by atoms with Crippen LogP contribution in [0.15, 0.2) is 48.7 Å². The molecular weight excluding hydrogens is 316 g/mol. The van der Waals surface area contributed by atoms with Gasteiger partial charge in [0.05, 0.1) is 24.5 Å². The van der Waals surface area contributed by atoms with E-state index in [-0.39, 0.29) is 25.2 Å². The summed E-state index contributed by atoms with van der Waals surface area (Å²) in [6.07, 6.45) is 6.26. The molecule has 1 aliphatic rings. The van der Waals surface area contributed by atoms with Crippen molar-refractivity contribution in [3.63, 3.8) is 0 Å². The first-order chi connectivity index (χ1) is 12.3.